The smallest absolute Gasteiger partial charge is 0.136 e. The molecule has 15 heavy (non-hydrogen) atoms. The molecular weight excluding hydrogens is 257 g/mol. The first-order valence-corrected chi connectivity index (χ1v) is 5.28. The van der Waals surface area contributed by atoms with Gasteiger partial charge in [0.2, 0.25) is 0 Å². The van der Waals surface area contributed by atoms with Gasteiger partial charge in [0.15, 0.2) is 0 Å². The van der Waals surface area contributed by atoms with Crippen molar-refractivity contribution in [3.63, 3.8) is 0 Å². The van der Waals surface area contributed by atoms with Gasteiger partial charge in [-0.3, -0.25) is 0 Å². The van der Waals surface area contributed by atoms with Gasteiger partial charge < -0.3 is 5.73 Å². The van der Waals surface area contributed by atoms with Crippen LogP contribution in [0.2, 0.25) is 0 Å². The number of benzene rings is 1. The summed E-state index contributed by atoms with van der Waals surface area (Å²) in [5.74, 6) is 0. The number of nitrogens with one attached hydrogen (secondary N) is 1. The highest BCUT2D eigenvalue weighted by Gasteiger charge is 2.11. The second-order valence-electron chi connectivity index (χ2n) is 2.91. The fraction of sp³-hybridized carbons (Fsp3) is 0.250. The maximum Gasteiger partial charge on any atom is 0.136 e. The maximum absolute atomic E-state index is 11.8. The van der Waals surface area contributed by atoms with E-state index in [-0.39, 0.29) is 24.8 Å². The highest BCUT2D eigenvalue weighted by Crippen LogP contribution is 2.15. The monoisotopic (exact) mass is 271 g/mol. The third kappa shape index (κ3) is 3.87. The van der Waals surface area contributed by atoms with Gasteiger partial charge in [-0.1, -0.05) is 0 Å². The van der Waals surface area contributed by atoms with Crippen LogP contribution in [0.3, 0.4) is 0 Å². The molecular formula is C8H15Cl2N3OS. The minimum atomic E-state index is -2.82. The molecule has 3 N–H and O–H groups in total. The van der Waals surface area contributed by atoms with E-state index >= 15 is 0 Å². The number of hydrogen-bond acceptors (Lipinski definition) is 3. The van der Waals surface area contributed by atoms with Crippen molar-refractivity contribution in [1.29, 1.82) is 4.78 Å². The number of anilines is 1. The summed E-state index contributed by atoms with van der Waals surface area (Å²) < 4.78 is 20.7. The zero-order chi connectivity index (χ0) is 10.1. The van der Waals surface area contributed by atoms with Gasteiger partial charge in [-0.05, 0) is 24.3 Å². The van der Waals surface area contributed by atoms with E-state index in [2.05, 4.69) is 0 Å². The van der Waals surface area contributed by atoms with E-state index in [4.69, 9.17) is 10.5 Å². The number of halogens is 2. The standard InChI is InChI=1S/C8H13N3OS.2ClH/c1-11(2)13(10,12)8-5-3-7(9)4-6-8;;/h3-6,10H,9H2,1-2H3;2*1H. The van der Waals surface area contributed by atoms with Crippen LogP contribution in [0, 0.1) is 4.78 Å². The molecule has 4 nitrogen and oxygen atoms in total. The molecule has 0 heterocycles. The highest BCUT2D eigenvalue weighted by atomic mass is 35.5. The van der Waals surface area contributed by atoms with Gasteiger partial charge >= 0.3 is 0 Å². The second kappa shape index (κ2) is 6.17. The molecule has 7 heteroatoms. The van der Waals surface area contributed by atoms with E-state index < -0.39 is 9.92 Å². The largest absolute Gasteiger partial charge is 0.399 e. The Balaban J connectivity index is 0. The lowest BCUT2D eigenvalue weighted by molar-refractivity contribution is 0.589. The van der Waals surface area contributed by atoms with Crippen LogP contribution < -0.4 is 5.73 Å². The van der Waals surface area contributed by atoms with Crippen LogP contribution in [0.5, 0.6) is 0 Å². The molecule has 0 aliphatic rings. The number of rotatable bonds is 2. The Morgan fingerprint density at radius 2 is 1.60 bits per heavy atom. The van der Waals surface area contributed by atoms with Crippen LogP contribution in [0.1, 0.15) is 0 Å². The average Bonchev–Trinajstić information content (AvgIpc) is 2.04. The fourth-order valence-electron chi connectivity index (χ4n) is 0.863. The molecule has 1 unspecified atom stereocenters. The predicted octanol–water partition coefficient (Wildman–Crippen LogP) is 1.99. The molecule has 0 spiro atoms. The molecule has 0 aromatic heterocycles. The van der Waals surface area contributed by atoms with Crippen LogP contribution >= 0.6 is 24.8 Å². The Kier molecular flexibility index (Phi) is 6.96. The summed E-state index contributed by atoms with van der Waals surface area (Å²) in [6, 6.07) is 6.52. The molecule has 88 valence electrons. The number of hydrogen-bond donors (Lipinski definition) is 2. The van der Waals surface area contributed by atoms with Crippen LogP contribution in [0.4, 0.5) is 5.69 Å². The Morgan fingerprint density at radius 1 is 1.20 bits per heavy atom. The highest BCUT2D eigenvalue weighted by molar-refractivity contribution is 7.90. The molecule has 0 aliphatic carbocycles. The molecule has 1 aromatic carbocycles. The lowest BCUT2D eigenvalue weighted by atomic mass is 10.3. The van der Waals surface area contributed by atoms with Gasteiger partial charge in [-0.15, -0.1) is 24.8 Å². The van der Waals surface area contributed by atoms with E-state index in [1.807, 2.05) is 0 Å². The normalized spacial score (nSPS) is 13.5. The zero-order valence-corrected chi connectivity index (χ0v) is 10.9. The van der Waals surface area contributed by atoms with Gasteiger partial charge in [0.1, 0.15) is 9.92 Å². The molecule has 0 saturated heterocycles. The molecule has 1 atom stereocenters. The molecule has 0 amide bonds. The van der Waals surface area contributed by atoms with E-state index in [9.17, 15) is 4.21 Å². The summed E-state index contributed by atoms with van der Waals surface area (Å²) in [7, 11) is 0.418. The van der Waals surface area contributed by atoms with Gasteiger partial charge in [-0.25, -0.2) is 13.3 Å². The van der Waals surface area contributed by atoms with Gasteiger partial charge in [-0.2, -0.15) is 0 Å². The number of nitrogens with zero attached hydrogens (tertiary/aromatic N) is 1. The Morgan fingerprint density at radius 3 is 1.93 bits per heavy atom. The summed E-state index contributed by atoms with van der Waals surface area (Å²) in [5.41, 5.74) is 6.09. The third-order valence-electron chi connectivity index (χ3n) is 1.71. The van der Waals surface area contributed by atoms with Crippen molar-refractivity contribution < 1.29 is 4.21 Å². The van der Waals surface area contributed by atoms with Crippen molar-refractivity contribution in [1.82, 2.24) is 4.31 Å². The van der Waals surface area contributed by atoms with Crippen LogP contribution in [-0.4, -0.2) is 22.6 Å². The first-order valence-electron chi connectivity index (χ1n) is 3.76. The third-order valence-corrected chi connectivity index (χ3v) is 3.65. The summed E-state index contributed by atoms with van der Waals surface area (Å²) >= 11 is 0. The van der Waals surface area contributed by atoms with Crippen molar-refractivity contribution in [3.05, 3.63) is 24.3 Å². The second-order valence-corrected chi connectivity index (χ2v) is 5.16. The summed E-state index contributed by atoms with van der Waals surface area (Å²) in [4.78, 5) is 0.478. The molecule has 0 radical (unpaired) electrons. The van der Waals surface area contributed by atoms with Crippen molar-refractivity contribution >= 4 is 40.4 Å². The molecule has 0 fully saturated rings. The predicted molar refractivity (Wildman–Crippen MR) is 68.2 cm³/mol. The van der Waals surface area contributed by atoms with Crippen LogP contribution in [0.15, 0.2) is 29.2 Å². The minimum Gasteiger partial charge on any atom is -0.399 e. The molecule has 0 bridgehead atoms. The van der Waals surface area contributed by atoms with Crippen molar-refractivity contribution in [2.45, 2.75) is 4.90 Å². The van der Waals surface area contributed by atoms with Crippen LogP contribution in [-0.2, 0) is 9.92 Å². The van der Waals surface area contributed by atoms with Crippen molar-refractivity contribution in [2.75, 3.05) is 19.8 Å². The van der Waals surface area contributed by atoms with E-state index in [0.29, 0.717) is 10.6 Å². The minimum absolute atomic E-state index is 0. The van der Waals surface area contributed by atoms with Crippen molar-refractivity contribution in [3.8, 4) is 0 Å². The first-order chi connectivity index (χ1) is 5.94. The van der Waals surface area contributed by atoms with E-state index in [0.717, 1.165) is 0 Å². The summed E-state index contributed by atoms with van der Waals surface area (Å²) in [6.07, 6.45) is 0. The lowest BCUT2D eigenvalue weighted by Gasteiger charge is -2.14. The summed E-state index contributed by atoms with van der Waals surface area (Å²) in [5, 5.41) is 0. The Labute approximate surface area is 103 Å². The average molecular weight is 272 g/mol. The fourth-order valence-corrected chi connectivity index (χ4v) is 1.79. The zero-order valence-electron chi connectivity index (χ0n) is 8.47. The summed E-state index contributed by atoms with van der Waals surface area (Å²) in [6.45, 7) is 0. The number of nitrogens with two attached hydrogens (primary N) is 1. The van der Waals surface area contributed by atoms with Gasteiger partial charge in [0.05, 0.1) is 4.90 Å². The van der Waals surface area contributed by atoms with Crippen molar-refractivity contribution in [2.24, 2.45) is 0 Å². The molecule has 0 saturated carbocycles. The number of nitrogen functional groups attached to an aromatic ring is 1. The lowest BCUT2D eigenvalue weighted by Crippen LogP contribution is -2.20. The van der Waals surface area contributed by atoms with E-state index in [1.165, 1.54) is 4.31 Å². The topological polar surface area (TPSA) is 70.2 Å². The van der Waals surface area contributed by atoms with Gasteiger partial charge in [0.25, 0.3) is 0 Å². The Hall–Kier alpha value is -0.490. The maximum atomic E-state index is 11.8. The van der Waals surface area contributed by atoms with Gasteiger partial charge in [0, 0.05) is 19.8 Å². The quantitative estimate of drug-likeness (QED) is 0.808. The molecule has 1 aromatic rings. The SMILES string of the molecule is CN(C)S(=N)(=O)c1ccc(N)cc1.Cl.Cl. The van der Waals surface area contributed by atoms with E-state index in [1.54, 1.807) is 38.4 Å². The molecule has 0 aliphatic heterocycles. The molecule has 1 rings (SSSR count). The Bertz CT molecular complexity index is 389. The van der Waals surface area contributed by atoms with Crippen LogP contribution in [0.25, 0.3) is 0 Å². The first kappa shape index (κ1) is 16.9.